The SMILES string of the molecule is COc1ccc(C2(C(=O)N3CC[C@](O)(CN4CCCC4)C3)CC2)cc1. The number of benzene rings is 1. The van der Waals surface area contributed by atoms with Crippen molar-refractivity contribution in [3.05, 3.63) is 29.8 Å². The monoisotopic (exact) mass is 344 g/mol. The smallest absolute Gasteiger partial charge is 0.233 e. The molecule has 0 spiro atoms. The summed E-state index contributed by atoms with van der Waals surface area (Å²) < 4.78 is 5.22. The number of carbonyl (C=O) groups excluding carboxylic acids is 1. The lowest BCUT2D eigenvalue weighted by Crippen LogP contribution is -2.46. The molecule has 0 radical (unpaired) electrons. The number of β-amino-alcohol motifs (C(OH)–C–C–N with tert-alkyl or cyclic N) is 1. The molecule has 1 saturated carbocycles. The fraction of sp³-hybridized carbons (Fsp3) is 0.650. The van der Waals surface area contributed by atoms with Crippen LogP contribution in [-0.4, -0.2) is 66.2 Å². The average Bonchev–Trinajstić information content (AvgIpc) is 3.12. The van der Waals surface area contributed by atoms with Crippen molar-refractivity contribution in [1.29, 1.82) is 0 Å². The maximum atomic E-state index is 13.2. The summed E-state index contributed by atoms with van der Waals surface area (Å²) in [4.78, 5) is 17.4. The molecule has 1 atom stereocenters. The molecule has 1 amide bonds. The zero-order chi connectivity index (χ0) is 17.5. The second kappa shape index (κ2) is 6.29. The fourth-order valence-electron chi connectivity index (χ4n) is 4.48. The van der Waals surface area contributed by atoms with Crippen molar-refractivity contribution < 1.29 is 14.6 Å². The molecule has 1 aliphatic carbocycles. The molecular weight excluding hydrogens is 316 g/mol. The number of hydrogen-bond donors (Lipinski definition) is 1. The van der Waals surface area contributed by atoms with Gasteiger partial charge in [0, 0.05) is 13.1 Å². The number of nitrogens with zero attached hydrogens (tertiary/aromatic N) is 2. The summed E-state index contributed by atoms with van der Waals surface area (Å²) >= 11 is 0. The first-order valence-electron chi connectivity index (χ1n) is 9.43. The summed E-state index contributed by atoms with van der Waals surface area (Å²) in [6, 6.07) is 7.87. The minimum Gasteiger partial charge on any atom is -0.497 e. The predicted molar refractivity (Wildman–Crippen MR) is 95.7 cm³/mol. The first-order valence-corrected chi connectivity index (χ1v) is 9.43. The Bertz CT molecular complexity index is 635. The molecule has 2 saturated heterocycles. The van der Waals surface area contributed by atoms with E-state index in [1.807, 2.05) is 29.2 Å². The van der Waals surface area contributed by atoms with E-state index >= 15 is 0 Å². The molecule has 1 aromatic carbocycles. The Hall–Kier alpha value is -1.59. The van der Waals surface area contributed by atoms with E-state index in [0.717, 1.165) is 37.2 Å². The van der Waals surface area contributed by atoms with Gasteiger partial charge in [0.05, 0.1) is 24.7 Å². The van der Waals surface area contributed by atoms with Crippen LogP contribution in [0.5, 0.6) is 5.75 Å². The van der Waals surface area contributed by atoms with Gasteiger partial charge in [0.2, 0.25) is 5.91 Å². The molecule has 0 unspecified atom stereocenters. The zero-order valence-electron chi connectivity index (χ0n) is 15.0. The Morgan fingerprint density at radius 2 is 1.80 bits per heavy atom. The molecule has 3 fully saturated rings. The van der Waals surface area contributed by atoms with Crippen molar-refractivity contribution in [2.45, 2.75) is 43.1 Å². The van der Waals surface area contributed by atoms with E-state index in [1.165, 1.54) is 12.8 Å². The molecule has 0 bridgehead atoms. The summed E-state index contributed by atoms with van der Waals surface area (Å²) in [5.74, 6) is 1.00. The molecule has 5 heteroatoms. The highest BCUT2D eigenvalue weighted by atomic mass is 16.5. The summed E-state index contributed by atoms with van der Waals surface area (Å²) in [6.45, 7) is 3.99. The summed E-state index contributed by atoms with van der Waals surface area (Å²) in [7, 11) is 1.65. The molecule has 25 heavy (non-hydrogen) atoms. The van der Waals surface area contributed by atoms with Crippen molar-refractivity contribution in [3.8, 4) is 5.75 Å². The molecule has 1 N–H and O–H groups in total. The highest BCUT2D eigenvalue weighted by Gasteiger charge is 2.55. The van der Waals surface area contributed by atoms with Crippen molar-refractivity contribution >= 4 is 5.91 Å². The first-order chi connectivity index (χ1) is 12.0. The van der Waals surface area contributed by atoms with Gasteiger partial charge < -0.3 is 19.6 Å². The van der Waals surface area contributed by atoms with Gasteiger partial charge in [-0.1, -0.05) is 12.1 Å². The lowest BCUT2D eigenvalue weighted by molar-refractivity contribution is -0.134. The predicted octanol–water partition coefficient (Wildman–Crippen LogP) is 1.79. The normalized spacial score (nSPS) is 28.3. The van der Waals surface area contributed by atoms with Gasteiger partial charge in [-0.25, -0.2) is 0 Å². The van der Waals surface area contributed by atoms with Crippen LogP contribution < -0.4 is 4.74 Å². The number of ether oxygens (including phenoxy) is 1. The third kappa shape index (κ3) is 3.15. The molecule has 1 aromatic rings. The number of likely N-dealkylation sites (tertiary alicyclic amines) is 2. The molecule has 2 aliphatic heterocycles. The molecule has 5 nitrogen and oxygen atoms in total. The third-order valence-corrected chi connectivity index (χ3v) is 6.14. The van der Waals surface area contributed by atoms with E-state index in [2.05, 4.69) is 4.90 Å². The van der Waals surface area contributed by atoms with Gasteiger partial charge in [0.1, 0.15) is 5.75 Å². The van der Waals surface area contributed by atoms with Gasteiger partial charge in [-0.2, -0.15) is 0 Å². The van der Waals surface area contributed by atoms with E-state index in [4.69, 9.17) is 4.74 Å². The van der Waals surface area contributed by atoms with Crippen LogP contribution in [0.2, 0.25) is 0 Å². The maximum Gasteiger partial charge on any atom is 0.233 e. The van der Waals surface area contributed by atoms with Crippen molar-refractivity contribution in [2.75, 3.05) is 39.8 Å². The molecule has 136 valence electrons. The Labute approximate surface area is 149 Å². The number of amides is 1. The van der Waals surface area contributed by atoms with Crippen LogP contribution >= 0.6 is 0 Å². The molecule has 0 aromatic heterocycles. The lowest BCUT2D eigenvalue weighted by Gasteiger charge is -2.29. The Kier molecular flexibility index (Phi) is 4.24. The lowest BCUT2D eigenvalue weighted by atomic mass is 9.94. The fourth-order valence-corrected chi connectivity index (χ4v) is 4.48. The summed E-state index contributed by atoms with van der Waals surface area (Å²) in [5.41, 5.74) is -0.0329. The topological polar surface area (TPSA) is 53.0 Å². The van der Waals surface area contributed by atoms with Crippen LogP contribution in [0.1, 0.15) is 37.7 Å². The van der Waals surface area contributed by atoms with Crippen molar-refractivity contribution in [1.82, 2.24) is 9.80 Å². The number of carbonyl (C=O) groups is 1. The molecule has 4 rings (SSSR count). The van der Waals surface area contributed by atoms with Crippen molar-refractivity contribution in [2.24, 2.45) is 0 Å². The Morgan fingerprint density at radius 1 is 1.12 bits per heavy atom. The summed E-state index contributed by atoms with van der Waals surface area (Å²) in [6.07, 6.45) is 4.94. The van der Waals surface area contributed by atoms with E-state index in [-0.39, 0.29) is 11.3 Å². The molecule has 2 heterocycles. The molecular formula is C20H28N2O3. The zero-order valence-corrected chi connectivity index (χ0v) is 15.0. The van der Waals surface area contributed by atoms with E-state index in [0.29, 0.717) is 26.1 Å². The second-order valence-corrected chi connectivity index (χ2v) is 7.99. The summed E-state index contributed by atoms with van der Waals surface area (Å²) in [5, 5.41) is 10.9. The van der Waals surface area contributed by atoms with Gasteiger partial charge in [-0.05, 0) is 62.9 Å². The minimum atomic E-state index is -0.740. The average molecular weight is 344 g/mol. The van der Waals surface area contributed by atoms with E-state index < -0.39 is 5.60 Å². The number of aliphatic hydroxyl groups is 1. The van der Waals surface area contributed by atoms with E-state index in [9.17, 15) is 9.90 Å². The highest BCUT2D eigenvalue weighted by molar-refractivity contribution is 5.91. The number of rotatable bonds is 5. The van der Waals surface area contributed by atoms with Gasteiger partial charge in [-0.15, -0.1) is 0 Å². The van der Waals surface area contributed by atoms with Gasteiger partial charge in [-0.3, -0.25) is 4.79 Å². The van der Waals surface area contributed by atoms with Crippen LogP contribution in [0.15, 0.2) is 24.3 Å². The van der Waals surface area contributed by atoms with Crippen LogP contribution in [-0.2, 0) is 10.2 Å². The van der Waals surface area contributed by atoms with Crippen LogP contribution in [0, 0.1) is 0 Å². The maximum absolute atomic E-state index is 13.2. The van der Waals surface area contributed by atoms with E-state index in [1.54, 1.807) is 7.11 Å². The molecule has 3 aliphatic rings. The number of methoxy groups -OCH3 is 1. The largest absolute Gasteiger partial charge is 0.497 e. The highest BCUT2D eigenvalue weighted by Crippen LogP contribution is 2.50. The Balaban J connectivity index is 1.44. The van der Waals surface area contributed by atoms with Gasteiger partial charge in [0.25, 0.3) is 0 Å². The Morgan fingerprint density at radius 3 is 2.40 bits per heavy atom. The van der Waals surface area contributed by atoms with Crippen LogP contribution in [0.25, 0.3) is 0 Å². The van der Waals surface area contributed by atoms with Crippen LogP contribution in [0.4, 0.5) is 0 Å². The number of hydrogen-bond acceptors (Lipinski definition) is 4. The first kappa shape index (κ1) is 16.9. The standard InChI is InChI=1S/C20H28N2O3/c1-25-17-6-4-16(5-7-17)20(8-9-20)18(23)22-13-10-19(24,15-22)14-21-11-2-3-12-21/h4-7,24H,2-3,8-15H2,1H3/t19-/m0/s1. The van der Waals surface area contributed by atoms with Gasteiger partial charge >= 0.3 is 0 Å². The minimum absolute atomic E-state index is 0.190. The van der Waals surface area contributed by atoms with Crippen molar-refractivity contribution in [3.63, 3.8) is 0 Å². The quantitative estimate of drug-likeness (QED) is 0.885. The third-order valence-electron chi connectivity index (χ3n) is 6.14. The van der Waals surface area contributed by atoms with Gasteiger partial charge in [0.15, 0.2) is 0 Å². The van der Waals surface area contributed by atoms with Crippen LogP contribution in [0.3, 0.4) is 0 Å². The second-order valence-electron chi connectivity index (χ2n) is 7.99.